The highest BCUT2D eigenvalue weighted by atomic mass is 32.2. The third-order valence-corrected chi connectivity index (χ3v) is 3.55. The van der Waals surface area contributed by atoms with Gasteiger partial charge in [0.2, 0.25) is 5.91 Å². The average molecular weight is 211 g/mol. The summed E-state index contributed by atoms with van der Waals surface area (Å²) in [5.41, 5.74) is 0. The molecule has 0 saturated carbocycles. The Morgan fingerprint density at radius 2 is 1.86 bits per heavy atom. The van der Waals surface area contributed by atoms with Crippen molar-refractivity contribution < 1.29 is 9.59 Å². The van der Waals surface area contributed by atoms with E-state index < -0.39 is 4.75 Å². The van der Waals surface area contributed by atoms with E-state index in [2.05, 4.69) is 13.2 Å². The molecule has 1 rings (SSSR count). The van der Waals surface area contributed by atoms with Crippen LogP contribution in [0.2, 0.25) is 0 Å². The Bertz CT molecular complexity index is 288. The van der Waals surface area contributed by atoms with Crippen molar-refractivity contribution in [2.24, 2.45) is 0 Å². The standard InChI is InChI=1S/C10H13NO2S/c1-4-6-10(7-5-2)8(12)11(3)9(13)14-10/h4-5H,1-2,6-7H2,3H3. The Labute approximate surface area is 87.8 Å². The van der Waals surface area contributed by atoms with E-state index in [0.29, 0.717) is 12.8 Å². The summed E-state index contributed by atoms with van der Waals surface area (Å²) in [5.74, 6) is -0.146. The van der Waals surface area contributed by atoms with Crippen molar-refractivity contribution in [3.8, 4) is 0 Å². The van der Waals surface area contributed by atoms with E-state index in [1.807, 2.05) is 0 Å². The summed E-state index contributed by atoms with van der Waals surface area (Å²) in [7, 11) is 1.51. The van der Waals surface area contributed by atoms with E-state index in [9.17, 15) is 9.59 Å². The molecule has 0 aliphatic carbocycles. The topological polar surface area (TPSA) is 37.4 Å². The predicted molar refractivity (Wildman–Crippen MR) is 58.1 cm³/mol. The number of nitrogens with zero attached hydrogens (tertiary/aromatic N) is 1. The molecule has 14 heavy (non-hydrogen) atoms. The minimum absolute atomic E-state index is 0.146. The van der Waals surface area contributed by atoms with Gasteiger partial charge >= 0.3 is 0 Å². The number of rotatable bonds is 4. The maximum absolute atomic E-state index is 11.8. The van der Waals surface area contributed by atoms with Gasteiger partial charge in [0.05, 0.1) is 0 Å². The largest absolute Gasteiger partial charge is 0.289 e. The van der Waals surface area contributed by atoms with Crippen LogP contribution in [-0.2, 0) is 4.79 Å². The Morgan fingerprint density at radius 3 is 2.14 bits per heavy atom. The van der Waals surface area contributed by atoms with Crippen molar-refractivity contribution in [3.05, 3.63) is 25.3 Å². The van der Waals surface area contributed by atoms with E-state index >= 15 is 0 Å². The smallest absolute Gasteiger partial charge is 0.275 e. The number of amides is 2. The lowest BCUT2D eigenvalue weighted by Gasteiger charge is -2.21. The molecule has 1 aliphatic rings. The van der Waals surface area contributed by atoms with Gasteiger partial charge in [-0.2, -0.15) is 0 Å². The van der Waals surface area contributed by atoms with Crippen LogP contribution in [0.5, 0.6) is 0 Å². The minimum atomic E-state index is -0.685. The van der Waals surface area contributed by atoms with Crippen LogP contribution in [0.25, 0.3) is 0 Å². The second-order valence-electron chi connectivity index (χ2n) is 3.21. The molecule has 0 atom stereocenters. The lowest BCUT2D eigenvalue weighted by atomic mass is 9.99. The van der Waals surface area contributed by atoms with Gasteiger partial charge in [-0.15, -0.1) is 13.2 Å². The van der Waals surface area contributed by atoms with E-state index in [4.69, 9.17) is 0 Å². The molecular formula is C10H13NO2S. The maximum Gasteiger partial charge on any atom is 0.289 e. The van der Waals surface area contributed by atoms with E-state index in [1.54, 1.807) is 12.2 Å². The van der Waals surface area contributed by atoms with Gasteiger partial charge in [-0.3, -0.25) is 14.5 Å². The van der Waals surface area contributed by atoms with Crippen LogP contribution in [0, 0.1) is 0 Å². The van der Waals surface area contributed by atoms with Crippen molar-refractivity contribution >= 4 is 22.9 Å². The molecule has 1 heterocycles. The van der Waals surface area contributed by atoms with Crippen LogP contribution < -0.4 is 0 Å². The highest BCUT2D eigenvalue weighted by molar-refractivity contribution is 8.16. The fourth-order valence-corrected chi connectivity index (χ4v) is 2.66. The molecule has 0 N–H and O–H groups in total. The Balaban J connectivity index is 2.99. The molecule has 0 aromatic rings. The number of hydrogen-bond donors (Lipinski definition) is 0. The second kappa shape index (κ2) is 4.00. The van der Waals surface area contributed by atoms with Crippen molar-refractivity contribution in [1.82, 2.24) is 4.90 Å². The molecule has 2 amide bonds. The van der Waals surface area contributed by atoms with Crippen LogP contribution in [0.15, 0.2) is 25.3 Å². The first kappa shape index (κ1) is 11.0. The maximum atomic E-state index is 11.8. The molecule has 1 aliphatic heterocycles. The zero-order chi connectivity index (χ0) is 10.8. The normalized spacial score (nSPS) is 19.9. The van der Waals surface area contributed by atoms with Gasteiger partial charge in [-0.05, 0) is 24.6 Å². The lowest BCUT2D eigenvalue weighted by molar-refractivity contribution is -0.128. The quantitative estimate of drug-likeness (QED) is 0.669. The van der Waals surface area contributed by atoms with Gasteiger partial charge in [0, 0.05) is 7.05 Å². The molecule has 0 bridgehead atoms. The third kappa shape index (κ3) is 1.62. The van der Waals surface area contributed by atoms with Crippen LogP contribution in [0.1, 0.15) is 12.8 Å². The number of thioether (sulfide) groups is 1. The SMILES string of the molecule is C=CCC1(CC=C)SC(=O)N(C)C1=O. The Morgan fingerprint density at radius 1 is 1.36 bits per heavy atom. The number of imide groups is 1. The second-order valence-corrected chi connectivity index (χ2v) is 4.55. The predicted octanol–water partition coefficient (Wildman–Crippen LogP) is 2.20. The highest BCUT2D eigenvalue weighted by Crippen LogP contribution is 2.42. The molecule has 0 radical (unpaired) electrons. The first-order valence-corrected chi connectivity index (χ1v) is 5.12. The zero-order valence-electron chi connectivity index (χ0n) is 8.16. The summed E-state index contributed by atoms with van der Waals surface area (Å²) < 4.78 is -0.685. The fourth-order valence-electron chi connectivity index (χ4n) is 1.48. The summed E-state index contributed by atoms with van der Waals surface area (Å²) in [6.07, 6.45) is 4.33. The molecule has 76 valence electrons. The Hall–Kier alpha value is -1.03. The summed E-state index contributed by atoms with van der Waals surface area (Å²) in [4.78, 5) is 24.3. The van der Waals surface area contributed by atoms with Crippen molar-refractivity contribution in [2.45, 2.75) is 17.6 Å². The van der Waals surface area contributed by atoms with E-state index in [-0.39, 0.29) is 11.1 Å². The number of carbonyl (C=O) groups excluding carboxylic acids is 2. The monoisotopic (exact) mass is 211 g/mol. The summed E-state index contributed by atoms with van der Waals surface area (Å²) in [6, 6.07) is 0. The van der Waals surface area contributed by atoms with Gasteiger partial charge in [-0.1, -0.05) is 12.2 Å². The van der Waals surface area contributed by atoms with E-state index in [0.717, 1.165) is 16.7 Å². The molecule has 1 fully saturated rings. The van der Waals surface area contributed by atoms with Crippen LogP contribution in [0.3, 0.4) is 0 Å². The lowest BCUT2D eigenvalue weighted by Crippen LogP contribution is -2.36. The van der Waals surface area contributed by atoms with Gasteiger partial charge in [0.25, 0.3) is 5.24 Å². The molecular weight excluding hydrogens is 198 g/mol. The number of hydrogen-bond acceptors (Lipinski definition) is 3. The minimum Gasteiger partial charge on any atom is -0.275 e. The molecule has 3 nitrogen and oxygen atoms in total. The molecule has 0 aromatic heterocycles. The van der Waals surface area contributed by atoms with Crippen LogP contribution in [0.4, 0.5) is 4.79 Å². The van der Waals surface area contributed by atoms with Crippen LogP contribution in [-0.4, -0.2) is 27.8 Å². The van der Waals surface area contributed by atoms with E-state index in [1.165, 1.54) is 7.05 Å². The van der Waals surface area contributed by atoms with Gasteiger partial charge < -0.3 is 0 Å². The zero-order valence-corrected chi connectivity index (χ0v) is 8.97. The number of allylic oxidation sites excluding steroid dienone is 2. The molecule has 0 aromatic carbocycles. The first-order chi connectivity index (χ1) is 6.57. The molecule has 1 saturated heterocycles. The van der Waals surface area contributed by atoms with Crippen molar-refractivity contribution in [1.29, 1.82) is 0 Å². The van der Waals surface area contributed by atoms with Crippen molar-refractivity contribution in [3.63, 3.8) is 0 Å². The van der Waals surface area contributed by atoms with Gasteiger partial charge in [0.1, 0.15) is 4.75 Å². The first-order valence-electron chi connectivity index (χ1n) is 4.30. The fraction of sp³-hybridized carbons (Fsp3) is 0.400. The molecule has 0 unspecified atom stereocenters. The Kier molecular flexibility index (Phi) is 3.16. The summed E-state index contributed by atoms with van der Waals surface area (Å²) in [6.45, 7) is 7.21. The number of carbonyl (C=O) groups is 2. The molecule has 4 heteroatoms. The summed E-state index contributed by atoms with van der Waals surface area (Å²) in [5, 5.41) is -0.196. The van der Waals surface area contributed by atoms with Crippen molar-refractivity contribution in [2.75, 3.05) is 7.05 Å². The summed E-state index contributed by atoms with van der Waals surface area (Å²) >= 11 is 1.07. The average Bonchev–Trinajstić information content (AvgIpc) is 2.33. The molecule has 0 spiro atoms. The van der Waals surface area contributed by atoms with Gasteiger partial charge in [-0.25, -0.2) is 0 Å². The van der Waals surface area contributed by atoms with Crippen LogP contribution >= 0.6 is 11.8 Å². The highest BCUT2D eigenvalue weighted by Gasteiger charge is 2.49. The third-order valence-electron chi connectivity index (χ3n) is 2.20. The van der Waals surface area contributed by atoms with Gasteiger partial charge in [0.15, 0.2) is 0 Å².